The van der Waals surface area contributed by atoms with Crippen LogP contribution in [0.4, 0.5) is 17.6 Å². The first-order valence-corrected chi connectivity index (χ1v) is 6.84. The Morgan fingerprint density at radius 1 is 1.30 bits per heavy atom. The Bertz CT molecular complexity index is 574. The highest BCUT2D eigenvalue weighted by atomic mass is 19.4. The van der Waals surface area contributed by atoms with Gasteiger partial charge in [-0.3, -0.25) is 4.79 Å². The van der Waals surface area contributed by atoms with Crippen molar-refractivity contribution in [3.8, 4) is 0 Å². The number of hydrogen-bond donors (Lipinski definition) is 4. The number of halogens is 4. The number of carbonyl (C=O) groups is 1. The molecule has 1 aliphatic rings. The van der Waals surface area contributed by atoms with Gasteiger partial charge in [0.15, 0.2) is 0 Å². The molecule has 0 spiro atoms. The fourth-order valence-electron chi connectivity index (χ4n) is 2.29. The maximum absolute atomic E-state index is 14.0. The fourth-order valence-corrected chi connectivity index (χ4v) is 2.29. The summed E-state index contributed by atoms with van der Waals surface area (Å²) in [7, 11) is 1.41. The van der Waals surface area contributed by atoms with Crippen molar-refractivity contribution in [1.82, 2.24) is 26.8 Å². The molecule has 1 heterocycles. The third-order valence-corrected chi connectivity index (χ3v) is 3.53. The van der Waals surface area contributed by atoms with Crippen LogP contribution in [-0.4, -0.2) is 30.6 Å². The summed E-state index contributed by atoms with van der Waals surface area (Å²) in [5, 5.41) is 0. The zero-order valence-corrected chi connectivity index (χ0v) is 12.5. The second-order valence-electron chi connectivity index (χ2n) is 5.34. The summed E-state index contributed by atoms with van der Waals surface area (Å²) in [4.78, 5) is 13.4. The molecule has 1 amide bonds. The lowest BCUT2D eigenvalue weighted by atomic mass is 10.1. The molecule has 0 aromatic heterocycles. The largest absolute Gasteiger partial charge is 0.419 e. The van der Waals surface area contributed by atoms with Crippen LogP contribution < -0.4 is 21.9 Å². The maximum atomic E-state index is 14.0. The normalized spacial score (nSPS) is 17.3. The lowest BCUT2D eigenvalue weighted by Gasteiger charge is -2.25. The van der Waals surface area contributed by atoms with Crippen molar-refractivity contribution in [3.05, 3.63) is 35.1 Å². The van der Waals surface area contributed by atoms with Crippen LogP contribution in [0.3, 0.4) is 0 Å². The van der Waals surface area contributed by atoms with Gasteiger partial charge in [0.25, 0.3) is 5.91 Å². The van der Waals surface area contributed by atoms with Crippen molar-refractivity contribution >= 4 is 5.91 Å². The molecule has 0 aliphatic carbocycles. The molecule has 6 nitrogen and oxygen atoms in total. The van der Waals surface area contributed by atoms with Crippen LogP contribution in [0.2, 0.25) is 0 Å². The highest BCUT2D eigenvalue weighted by Crippen LogP contribution is 2.32. The van der Waals surface area contributed by atoms with E-state index < -0.39 is 29.0 Å². The van der Waals surface area contributed by atoms with Gasteiger partial charge in [0, 0.05) is 19.5 Å². The van der Waals surface area contributed by atoms with E-state index in [4.69, 9.17) is 0 Å². The molecule has 1 unspecified atom stereocenters. The molecule has 1 aromatic rings. The Morgan fingerprint density at radius 2 is 1.91 bits per heavy atom. The van der Waals surface area contributed by atoms with Crippen LogP contribution in [0.1, 0.15) is 22.8 Å². The van der Waals surface area contributed by atoms with Gasteiger partial charge in [0.05, 0.1) is 17.3 Å². The second-order valence-corrected chi connectivity index (χ2v) is 5.34. The molecule has 4 N–H and O–H groups in total. The molecule has 128 valence electrons. The average molecular weight is 335 g/mol. The van der Waals surface area contributed by atoms with Crippen LogP contribution in [0, 0.1) is 11.7 Å². The third-order valence-electron chi connectivity index (χ3n) is 3.53. The monoisotopic (exact) mass is 335 g/mol. The summed E-state index contributed by atoms with van der Waals surface area (Å²) in [5.74, 6) is -2.45. The third kappa shape index (κ3) is 3.96. The van der Waals surface area contributed by atoms with Gasteiger partial charge >= 0.3 is 6.18 Å². The number of hydrogen-bond acceptors (Lipinski definition) is 5. The van der Waals surface area contributed by atoms with E-state index in [2.05, 4.69) is 21.9 Å². The topological polar surface area (TPSA) is 68.4 Å². The molecule has 1 saturated heterocycles. The molecule has 1 aliphatic heterocycles. The Balaban J connectivity index is 2.13. The van der Waals surface area contributed by atoms with E-state index in [-0.39, 0.29) is 18.6 Å². The fraction of sp³-hybridized carbons (Fsp3) is 0.462. The highest BCUT2D eigenvalue weighted by Gasteiger charge is 2.36. The molecule has 10 heteroatoms. The minimum absolute atomic E-state index is 0.0969. The summed E-state index contributed by atoms with van der Waals surface area (Å²) < 4.78 is 52.1. The smallest absolute Gasteiger partial charge is 0.341 e. The molecular formula is C13H17F4N5O. The van der Waals surface area contributed by atoms with Crippen molar-refractivity contribution in [2.75, 3.05) is 13.6 Å². The van der Waals surface area contributed by atoms with Gasteiger partial charge in [-0.15, -0.1) is 0 Å². The van der Waals surface area contributed by atoms with Crippen LogP contribution in [0.25, 0.3) is 0 Å². The van der Waals surface area contributed by atoms with E-state index in [9.17, 15) is 22.4 Å². The van der Waals surface area contributed by atoms with Crippen molar-refractivity contribution in [2.45, 2.75) is 19.3 Å². The standard InChI is InChI=1S/C13H17F4N5O/c1-7(11-18-20-21-19-11)6-22(2)12(23)8-4-3-5-9(10(8)14)13(15,16)17/h3-5,7,11,18-21H,6H2,1-2H3. The molecule has 0 bridgehead atoms. The summed E-state index contributed by atoms with van der Waals surface area (Å²) in [6.07, 6.45) is -5.04. The second kappa shape index (κ2) is 6.79. The number of rotatable bonds is 4. The molecule has 23 heavy (non-hydrogen) atoms. The Hall–Kier alpha value is -1.75. The molecule has 0 radical (unpaired) electrons. The molecule has 1 atom stereocenters. The number of hydrazine groups is 3. The van der Waals surface area contributed by atoms with Gasteiger partial charge in [0.1, 0.15) is 5.82 Å². The Morgan fingerprint density at radius 3 is 2.48 bits per heavy atom. The Kier molecular flexibility index (Phi) is 5.19. The molecule has 1 aromatic carbocycles. The minimum atomic E-state index is -4.85. The SMILES string of the molecule is CC(CN(C)C(=O)c1cccc(C(F)(F)F)c1F)C1NNNN1. The summed E-state index contributed by atoms with van der Waals surface area (Å²) in [5.41, 5.74) is 8.89. The van der Waals surface area contributed by atoms with E-state index in [1.165, 1.54) is 11.9 Å². The van der Waals surface area contributed by atoms with E-state index in [1.807, 2.05) is 6.92 Å². The van der Waals surface area contributed by atoms with Crippen molar-refractivity contribution in [3.63, 3.8) is 0 Å². The van der Waals surface area contributed by atoms with Gasteiger partial charge in [0.2, 0.25) is 0 Å². The van der Waals surface area contributed by atoms with Gasteiger partial charge in [-0.1, -0.05) is 13.0 Å². The van der Waals surface area contributed by atoms with Crippen LogP contribution in [-0.2, 0) is 6.18 Å². The quantitative estimate of drug-likeness (QED) is 0.618. The first-order valence-electron chi connectivity index (χ1n) is 6.84. The summed E-state index contributed by atoms with van der Waals surface area (Å²) in [6.45, 7) is 2.04. The lowest BCUT2D eigenvalue weighted by Crippen LogP contribution is -2.45. The number of alkyl halides is 3. The van der Waals surface area contributed by atoms with E-state index >= 15 is 0 Å². The van der Waals surface area contributed by atoms with Gasteiger partial charge in [-0.2, -0.15) is 24.2 Å². The number of amides is 1. The predicted octanol–water partition coefficient (Wildman–Crippen LogP) is 0.996. The van der Waals surface area contributed by atoms with Gasteiger partial charge < -0.3 is 4.90 Å². The first-order chi connectivity index (χ1) is 10.7. The zero-order valence-electron chi connectivity index (χ0n) is 12.5. The molecule has 2 rings (SSSR count). The number of nitrogens with one attached hydrogen (secondary N) is 4. The number of nitrogens with zero attached hydrogens (tertiary/aromatic N) is 1. The highest BCUT2D eigenvalue weighted by molar-refractivity contribution is 5.94. The molecule has 1 fully saturated rings. The Labute approximate surface area is 130 Å². The first kappa shape index (κ1) is 17.6. The van der Waals surface area contributed by atoms with Crippen molar-refractivity contribution < 1.29 is 22.4 Å². The average Bonchev–Trinajstić information content (AvgIpc) is 2.99. The van der Waals surface area contributed by atoms with Gasteiger partial charge in [-0.05, 0) is 12.1 Å². The zero-order chi connectivity index (χ0) is 17.2. The number of benzene rings is 1. The maximum Gasteiger partial charge on any atom is 0.419 e. The van der Waals surface area contributed by atoms with E-state index in [0.717, 1.165) is 12.1 Å². The van der Waals surface area contributed by atoms with Crippen molar-refractivity contribution in [1.29, 1.82) is 0 Å². The van der Waals surface area contributed by atoms with E-state index in [1.54, 1.807) is 0 Å². The van der Waals surface area contributed by atoms with Crippen LogP contribution >= 0.6 is 0 Å². The van der Waals surface area contributed by atoms with Gasteiger partial charge in [-0.25, -0.2) is 15.2 Å². The van der Waals surface area contributed by atoms with Crippen molar-refractivity contribution in [2.24, 2.45) is 5.92 Å². The number of carbonyl (C=O) groups excluding carboxylic acids is 1. The summed E-state index contributed by atoms with van der Waals surface area (Å²) in [6, 6.07) is 2.67. The molecular weight excluding hydrogens is 318 g/mol. The minimum Gasteiger partial charge on any atom is -0.341 e. The summed E-state index contributed by atoms with van der Waals surface area (Å²) >= 11 is 0. The van der Waals surface area contributed by atoms with Crippen LogP contribution in [0.5, 0.6) is 0 Å². The lowest BCUT2D eigenvalue weighted by molar-refractivity contribution is -0.140. The van der Waals surface area contributed by atoms with E-state index in [0.29, 0.717) is 6.07 Å². The van der Waals surface area contributed by atoms with Crippen LogP contribution in [0.15, 0.2) is 18.2 Å². The molecule has 0 saturated carbocycles. The predicted molar refractivity (Wildman–Crippen MR) is 73.9 cm³/mol.